The van der Waals surface area contributed by atoms with Crippen LogP contribution in [-0.2, 0) is 6.54 Å². The second-order valence-corrected chi connectivity index (χ2v) is 3.16. The van der Waals surface area contributed by atoms with Crippen molar-refractivity contribution in [2.24, 2.45) is 0 Å². The Hall–Kier alpha value is -0.510. The average molecular weight is 239 g/mol. The number of nitrogens with zero attached hydrogens (tertiary/aromatic N) is 2. The number of halogens is 3. The summed E-state index contributed by atoms with van der Waals surface area (Å²) in [6.45, 7) is 0.326. The van der Waals surface area contributed by atoms with Crippen LogP contribution >= 0.6 is 34.8 Å². The van der Waals surface area contributed by atoms with Crippen LogP contribution in [0.4, 0.5) is 0 Å². The van der Waals surface area contributed by atoms with Gasteiger partial charge in [-0.15, -0.1) is 0 Å². The molecule has 13 heavy (non-hydrogen) atoms. The molecule has 0 spiro atoms. The van der Waals surface area contributed by atoms with Gasteiger partial charge in [0, 0.05) is 12.1 Å². The molecular weight excluding hydrogens is 234 g/mol. The van der Waals surface area contributed by atoms with E-state index in [0.717, 1.165) is 0 Å². The first kappa shape index (κ1) is 10.6. The number of hydrogen-bond donors (Lipinski definition) is 0. The van der Waals surface area contributed by atoms with Crippen LogP contribution in [0.3, 0.4) is 0 Å². The van der Waals surface area contributed by atoms with Crippen molar-refractivity contribution in [1.82, 2.24) is 9.55 Å². The highest BCUT2D eigenvalue weighted by Gasteiger charge is 2.05. The highest BCUT2D eigenvalue weighted by molar-refractivity contribution is 6.40. The van der Waals surface area contributed by atoms with Crippen molar-refractivity contribution in [1.29, 1.82) is 0 Å². The molecule has 0 N–H and O–H groups in total. The molecule has 3 nitrogen and oxygen atoms in total. The number of allylic oxidation sites excluding steroid dienone is 1. The van der Waals surface area contributed by atoms with E-state index >= 15 is 0 Å². The van der Waals surface area contributed by atoms with E-state index in [4.69, 9.17) is 34.8 Å². The quantitative estimate of drug-likeness (QED) is 0.742. The summed E-state index contributed by atoms with van der Waals surface area (Å²) in [6, 6.07) is 0. The normalized spacial score (nSPS) is 11.0. The molecule has 1 aromatic rings. The zero-order chi connectivity index (χ0) is 9.84. The summed E-state index contributed by atoms with van der Waals surface area (Å²) in [5.74, 6) is 0. The molecule has 0 aliphatic rings. The molecule has 0 saturated carbocycles. The Morgan fingerprint density at radius 3 is 2.85 bits per heavy atom. The molecule has 1 aromatic heterocycles. The summed E-state index contributed by atoms with van der Waals surface area (Å²) in [7, 11) is 0. The maximum atomic E-state index is 11.3. The number of aromatic nitrogens is 2. The second-order valence-electron chi connectivity index (χ2n) is 2.17. The minimum Gasteiger partial charge on any atom is -0.294 e. The zero-order valence-electron chi connectivity index (χ0n) is 6.38. The topological polar surface area (TPSA) is 34.9 Å². The average Bonchev–Trinajstić information content (AvgIpc) is 2.13. The predicted octanol–water partition coefficient (Wildman–Crippen LogP) is 2.30. The van der Waals surface area contributed by atoms with Gasteiger partial charge in [0.2, 0.25) is 0 Å². The van der Waals surface area contributed by atoms with Crippen LogP contribution in [-0.4, -0.2) is 9.55 Å². The predicted molar refractivity (Wildman–Crippen MR) is 53.5 cm³/mol. The molecule has 0 fully saturated rings. The summed E-state index contributed by atoms with van der Waals surface area (Å²) >= 11 is 16.4. The highest BCUT2D eigenvalue weighted by atomic mass is 35.5. The maximum absolute atomic E-state index is 11.3. The summed E-state index contributed by atoms with van der Waals surface area (Å²) in [4.78, 5) is 15.0. The van der Waals surface area contributed by atoms with Gasteiger partial charge in [0.05, 0.1) is 6.33 Å². The number of rotatable bonds is 2. The molecule has 1 heterocycles. The third-order valence-corrected chi connectivity index (χ3v) is 2.23. The van der Waals surface area contributed by atoms with Gasteiger partial charge >= 0.3 is 0 Å². The third-order valence-electron chi connectivity index (χ3n) is 1.33. The Morgan fingerprint density at radius 1 is 1.54 bits per heavy atom. The highest BCUT2D eigenvalue weighted by Crippen LogP contribution is 2.12. The molecule has 0 aliphatic heterocycles. The van der Waals surface area contributed by atoms with E-state index in [-0.39, 0.29) is 15.7 Å². The molecular formula is C7H5Cl3N2O. The minimum atomic E-state index is -0.378. The van der Waals surface area contributed by atoms with Crippen LogP contribution in [0.15, 0.2) is 22.7 Å². The van der Waals surface area contributed by atoms with E-state index in [9.17, 15) is 4.79 Å². The first-order chi connectivity index (χ1) is 6.16. The molecule has 1 rings (SSSR count). The molecule has 0 aliphatic carbocycles. The summed E-state index contributed by atoms with van der Waals surface area (Å²) in [6.07, 6.45) is 2.91. The fraction of sp³-hybridized carbons (Fsp3) is 0.143. The minimum absolute atomic E-state index is 0.0118. The van der Waals surface area contributed by atoms with E-state index in [1.807, 2.05) is 0 Å². The molecule has 0 unspecified atom stereocenters. The van der Waals surface area contributed by atoms with Crippen LogP contribution in [0.25, 0.3) is 0 Å². The van der Waals surface area contributed by atoms with Crippen molar-refractivity contribution in [2.75, 3.05) is 0 Å². The van der Waals surface area contributed by atoms with Gasteiger partial charge in [-0.05, 0) is 0 Å². The van der Waals surface area contributed by atoms with Gasteiger partial charge in [-0.1, -0.05) is 40.9 Å². The van der Waals surface area contributed by atoms with Gasteiger partial charge in [0.1, 0.15) is 5.02 Å². The van der Waals surface area contributed by atoms with Gasteiger partial charge in [-0.25, -0.2) is 4.98 Å². The van der Waals surface area contributed by atoms with Gasteiger partial charge in [0.25, 0.3) is 5.56 Å². The lowest BCUT2D eigenvalue weighted by Crippen LogP contribution is -2.20. The Kier molecular flexibility index (Phi) is 3.78. The SMILES string of the molecule is O=c1c(Cl)c(Cl)ncn1C/C=C/Cl. The summed E-state index contributed by atoms with van der Waals surface area (Å²) in [5.41, 5.74) is 0.936. The van der Waals surface area contributed by atoms with E-state index in [2.05, 4.69) is 4.98 Å². The van der Waals surface area contributed by atoms with Gasteiger partial charge < -0.3 is 0 Å². The van der Waals surface area contributed by atoms with Crippen LogP contribution in [0.2, 0.25) is 10.2 Å². The second kappa shape index (κ2) is 4.65. The van der Waals surface area contributed by atoms with Gasteiger partial charge in [-0.3, -0.25) is 9.36 Å². The third kappa shape index (κ3) is 2.46. The Balaban J connectivity index is 3.11. The Bertz CT molecular complexity index is 386. The monoisotopic (exact) mass is 238 g/mol. The van der Waals surface area contributed by atoms with Crippen molar-refractivity contribution >= 4 is 34.8 Å². The molecule has 70 valence electrons. The van der Waals surface area contributed by atoms with E-state index < -0.39 is 0 Å². The van der Waals surface area contributed by atoms with Crippen molar-refractivity contribution in [2.45, 2.75) is 6.54 Å². The molecule has 0 amide bonds. The van der Waals surface area contributed by atoms with E-state index in [0.29, 0.717) is 6.54 Å². The standard InChI is InChI=1S/C7H5Cl3N2O/c8-2-1-3-12-4-11-6(10)5(9)7(12)13/h1-2,4H,3H2/b2-1+. The van der Waals surface area contributed by atoms with Gasteiger partial charge in [0.15, 0.2) is 5.15 Å². The van der Waals surface area contributed by atoms with Crippen molar-refractivity contribution in [3.63, 3.8) is 0 Å². The summed E-state index contributed by atoms with van der Waals surface area (Å²) < 4.78 is 1.30. The lowest BCUT2D eigenvalue weighted by molar-refractivity contribution is 0.754. The fourth-order valence-electron chi connectivity index (χ4n) is 0.727. The first-order valence-corrected chi connectivity index (χ1v) is 4.51. The maximum Gasteiger partial charge on any atom is 0.273 e. The van der Waals surface area contributed by atoms with E-state index in [1.165, 1.54) is 16.4 Å². The van der Waals surface area contributed by atoms with Gasteiger partial charge in [-0.2, -0.15) is 0 Å². The molecule has 0 radical (unpaired) electrons. The van der Waals surface area contributed by atoms with Crippen LogP contribution in [0, 0.1) is 0 Å². The molecule has 0 saturated heterocycles. The van der Waals surface area contributed by atoms with Crippen LogP contribution < -0.4 is 5.56 Å². The lowest BCUT2D eigenvalue weighted by atomic mass is 10.5. The fourth-order valence-corrected chi connectivity index (χ4v) is 1.09. The summed E-state index contributed by atoms with van der Waals surface area (Å²) in [5, 5.41) is -0.0649. The van der Waals surface area contributed by atoms with E-state index in [1.54, 1.807) is 6.08 Å². The molecule has 6 heteroatoms. The Morgan fingerprint density at radius 2 is 2.23 bits per heavy atom. The number of hydrogen-bond acceptors (Lipinski definition) is 2. The lowest BCUT2D eigenvalue weighted by Gasteiger charge is -2.01. The first-order valence-electron chi connectivity index (χ1n) is 3.32. The molecule has 0 atom stereocenters. The smallest absolute Gasteiger partial charge is 0.273 e. The Labute approximate surface area is 89.6 Å². The van der Waals surface area contributed by atoms with Crippen molar-refractivity contribution < 1.29 is 0 Å². The largest absolute Gasteiger partial charge is 0.294 e. The molecule has 0 aromatic carbocycles. The molecule has 0 bridgehead atoms. The zero-order valence-corrected chi connectivity index (χ0v) is 8.64. The van der Waals surface area contributed by atoms with Crippen molar-refractivity contribution in [3.05, 3.63) is 38.5 Å². The van der Waals surface area contributed by atoms with Crippen LogP contribution in [0.1, 0.15) is 0 Å². The van der Waals surface area contributed by atoms with Crippen LogP contribution in [0.5, 0.6) is 0 Å². The van der Waals surface area contributed by atoms with Crippen molar-refractivity contribution in [3.8, 4) is 0 Å².